The average Bonchev–Trinajstić information content (AvgIpc) is 3.21. The molecule has 0 spiro atoms. The quantitative estimate of drug-likeness (QED) is 0.575. The number of β-amino-alcohol motifs (C(OH)–C–C–N with tert-alkyl or cyclic N) is 1. The van der Waals surface area contributed by atoms with Crippen LogP contribution in [0.1, 0.15) is 40.3 Å². The number of aromatic nitrogens is 2. The number of hydrogen-bond acceptors (Lipinski definition) is 3. The zero-order valence-corrected chi connectivity index (χ0v) is 18.8. The normalized spacial score (nSPS) is 18.7. The van der Waals surface area contributed by atoms with Gasteiger partial charge in [0.05, 0.1) is 24.4 Å². The molecule has 0 radical (unpaired) electrons. The molecule has 7 heteroatoms. The maximum atomic E-state index is 9.68. The number of aliphatic hydroxyl groups is 1. The van der Waals surface area contributed by atoms with Crippen molar-refractivity contribution in [1.29, 1.82) is 0 Å². The molecule has 0 aliphatic carbocycles. The summed E-state index contributed by atoms with van der Waals surface area (Å²) in [6.45, 7) is 6.75. The van der Waals surface area contributed by atoms with Gasteiger partial charge in [0.25, 0.3) is 0 Å². The number of nitrogens with zero attached hydrogens (tertiary/aromatic N) is 3. The Morgan fingerprint density at radius 3 is 2.67 bits per heavy atom. The summed E-state index contributed by atoms with van der Waals surface area (Å²) in [6.07, 6.45) is 1.80. The summed E-state index contributed by atoms with van der Waals surface area (Å²) in [4.78, 5) is 6.63. The van der Waals surface area contributed by atoms with Crippen molar-refractivity contribution in [1.82, 2.24) is 19.8 Å². The van der Waals surface area contributed by atoms with E-state index in [1.807, 2.05) is 37.3 Å². The van der Waals surface area contributed by atoms with E-state index in [1.165, 1.54) is 0 Å². The summed E-state index contributed by atoms with van der Waals surface area (Å²) < 4.78 is 2.24. The second-order valence-electron chi connectivity index (χ2n) is 7.59. The molecule has 1 aromatic carbocycles. The fourth-order valence-electron chi connectivity index (χ4n) is 4.39. The van der Waals surface area contributed by atoms with Gasteiger partial charge in [0.15, 0.2) is 5.11 Å². The van der Waals surface area contributed by atoms with Crippen LogP contribution in [0.15, 0.2) is 48.7 Å². The molecule has 1 aliphatic heterocycles. The van der Waals surface area contributed by atoms with Crippen LogP contribution >= 0.6 is 23.8 Å². The van der Waals surface area contributed by atoms with Crippen molar-refractivity contribution >= 4 is 28.9 Å². The zero-order chi connectivity index (χ0) is 21.4. The molecule has 1 aliphatic rings. The molecule has 2 unspecified atom stereocenters. The van der Waals surface area contributed by atoms with Crippen LogP contribution in [-0.4, -0.2) is 37.8 Å². The molecule has 1 saturated heterocycles. The van der Waals surface area contributed by atoms with Crippen LogP contribution in [0.5, 0.6) is 0 Å². The lowest BCUT2D eigenvalue weighted by Crippen LogP contribution is -2.32. The van der Waals surface area contributed by atoms with Crippen LogP contribution in [0.25, 0.3) is 5.69 Å². The van der Waals surface area contributed by atoms with E-state index >= 15 is 0 Å². The number of nitrogens with one attached hydrogen (secondary N) is 1. The lowest BCUT2D eigenvalue weighted by molar-refractivity contribution is 0.223. The molecule has 2 N–H and O–H groups in total. The number of halogens is 1. The van der Waals surface area contributed by atoms with Gasteiger partial charge in [-0.05, 0) is 74.4 Å². The molecular weight excluding hydrogens is 416 g/mol. The first-order valence-corrected chi connectivity index (χ1v) is 10.8. The van der Waals surface area contributed by atoms with Crippen molar-refractivity contribution in [3.63, 3.8) is 0 Å². The number of aryl methyl sites for hydroxylation is 1. The van der Waals surface area contributed by atoms with Gasteiger partial charge in [0.1, 0.15) is 0 Å². The van der Waals surface area contributed by atoms with Gasteiger partial charge in [-0.25, -0.2) is 0 Å². The standard InChI is InChI=1S/C23H25ClN4OS/c1-14-13-17(16(3)28(14)20-9-6-7-18(24)15(20)2)22-21(19-8-4-5-10-25-19)26-23(30)27(22)11-12-29/h4-10,13,21-22,29H,11-12H2,1-3H3,(H,26,30). The van der Waals surface area contributed by atoms with Gasteiger partial charge in [-0.1, -0.05) is 23.7 Å². The highest BCUT2D eigenvalue weighted by Crippen LogP contribution is 2.41. The lowest BCUT2D eigenvalue weighted by Gasteiger charge is -2.27. The third-order valence-electron chi connectivity index (χ3n) is 5.81. The van der Waals surface area contributed by atoms with Gasteiger partial charge in [-0.3, -0.25) is 4.98 Å². The number of aliphatic hydroxyl groups excluding tert-OH is 1. The van der Waals surface area contributed by atoms with E-state index < -0.39 is 0 Å². The van der Waals surface area contributed by atoms with E-state index in [0.29, 0.717) is 11.7 Å². The van der Waals surface area contributed by atoms with Crippen LogP contribution < -0.4 is 5.32 Å². The summed E-state index contributed by atoms with van der Waals surface area (Å²) in [5.41, 5.74) is 6.44. The number of rotatable bonds is 5. The van der Waals surface area contributed by atoms with Crippen molar-refractivity contribution in [3.05, 3.63) is 81.9 Å². The fourth-order valence-corrected chi connectivity index (χ4v) is 4.89. The van der Waals surface area contributed by atoms with E-state index in [4.69, 9.17) is 23.8 Å². The molecule has 3 heterocycles. The van der Waals surface area contributed by atoms with Gasteiger partial charge in [0.2, 0.25) is 0 Å². The minimum Gasteiger partial charge on any atom is -0.395 e. The fraction of sp³-hybridized carbons (Fsp3) is 0.304. The highest BCUT2D eigenvalue weighted by atomic mass is 35.5. The number of benzene rings is 1. The Balaban J connectivity index is 1.86. The highest BCUT2D eigenvalue weighted by molar-refractivity contribution is 7.80. The zero-order valence-electron chi connectivity index (χ0n) is 17.3. The Bertz CT molecular complexity index is 1080. The first-order valence-electron chi connectivity index (χ1n) is 9.97. The van der Waals surface area contributed by atoms with Gasteiger partial charge in [-0.2, -0.15) is 0 Å². The Kier molecular flexibility index (Phi) is 5.82. The predicted molar refractivity (Wildman–Crippen MR) is 124 cm³/mol. The summed E-state index contributed by atoms with van der Waals surface area (Å²) >= 11 is 12.0. The molecule has 0 amide bonds. The average molecular weight is 441 g/mol. The van der Waals surface area contributed by atoms with Crippen LogP contribution in [0.4, 0.5) is 0 Å². The molecule has 5 nitrogen and oxygen atoms in total. The molecule has 1 fully saturated rings. The topological polar surface area (TPSA) is 53.3 Å². The van der Waals surface area contributed by atoms with Crippen molar-refractivity contribution in [2.45, 2.75) is 32.9 Å². The lowest BCUT2D eigenvalue weighted by atomic mass is 9.97. The molecule has 2 atom stereocenters. The Morgan fingerprint density at radius 1 is 1.17 bits per heavy atom. The van der Waals surface area contributed by atoms with Crippen molar-refractivity contribution in [2.75, 3.05) is 13.2 Å². The Morgan fingerprint density at radius 2 is 1.97 bits per heavy atom. The van der Waals surface area contributed by atoms with E-state index in [1.54, 1.807) is 6.20 Å². The third-order valence-corrected chi connectivity index (χ3v) is 6.57. The van der Waals surface area contributed by atoms with Gasteiger partial charge in [-0.15, -0.1) is 0 Å². The largest absolute Gasteiger partial charge is 0.395 e. The van der Waals surface area contributed by atoms with Crippen LogP contribution in [0.2, 0.25) is 5.02 Å². The van der Waals surface area contributed by atoms with E-state index in [2.05, 4.69) is 45.7 Å². The van der Waals surface area contributed by atoms with Crippen LogP contribution in [0, 0.1) is 20.8 Å². The first kappa shape index (κ1) is 20.8. The molecule has 2 aromatic heterocycles. The smallest absolute Gasteiger partial charge is 0.170 e. The molecule has 30 heavy (non-hydrogen) atoms. The molecule has 0 bridgehead atoms. The number of hydrogen-bond donors (Lipinski definition) is 2. The van der Waals surface area contributed by atoms with Gasteiger partial charge < -0.3 is 19.9 Å². The van der Waals surface area contributed by atoms with Gasteiger partial charge >= 0.3 is 0 Å². The van der Waals surface area contributed by atoms with E-state index in [0.717, 1.165) is 38.9 Å². The van der Waals surface area contributed by atoms with Crippen molar-refractivity contribution < 1.29 is 5.11 Å². The summed E-state index contributed by atoms with van der Waals surface area (Å²) in [6, 6.07) is 13.9. The molecule has 3 aromatic rings. The highest BCUT2D eigenvalue weighted by Gasteiger charge is 2.41. The maximum absolute atomic E-state index is 9.68. The first-order chi connectivity index (χ1) is 14.4. The minimum absolute atomic E-state index is 0.0272. The van der Waals surface area contributed by atoms with Crippen molar-refractivity contribution in [2.24, 2.45) is 0 Å². The summed E-state index contributed by atoms with van der Waals surface area (Å²) in [5, 5.41) is 14.5. The van der Waals surface area contributed by atoms with Crippen LogP contribution in [0.3, 0.4) is 0 Å². The van der Waals surface area contributed by atoms with E-state index in [-0.39, 0.29) is 18.7 Å². The predicted octanol–water partition coefficient (Wildman–Crippen LogP) is 4.42. The third kappa shape index (κ3) is 3.49. The minimum atomic E-state index is -0.0975. The molecule has 156 valence electrons. The monoisotopic (exact) mass is 440 g/mol. The number of pyridine rings is 1. The molecule has 0 saturated carbocycles. The van der Waals surface area contributed by atoms with E-state index in [9.17, 15) is 5.11 Å². The summed E-state index contributed by atoms with van der Waals surface area (Å²) in [5.74, 6) is 0. The van der Waals surface area contributed by atoms with Crippen molar-refractivity contribution in [3.8, 4) is 5.69 Å². The second kappa shape index (κ2) is 8.38. The SMILES string of the molecule is Cc1c(Cl)cccc1-n1c(C)cc(C2C(c3ccccn3)NC(=S)N2CCO)c1C. The number of thiocarbonyl (C=S) groups is 1. The molecule has 4 rings (SSSR count). The van der Waals surface area contributed by atoms with Gasteiger partial charge in [0, 0.05) is 34.8 Å². The molecular formula is C23H25ClN4OS. The Hall–Kier alpha value is -2.41. The summed E-state index contributed by atoms with van der Waals surface area (Å²) in [7, 11) is 0. The second-order valence-corrected chi connectivity index (χ2v) is 8.38. The maximum Gasteiger partial charge on any atom is 0.170 e. The Labute approximate surface area is 187 Å². The van der Waals surface area contributed by atoms with Crippen LogP contribution in [-0.2, 0) is 0 Å².